The van der Waals surface area contributed by atoms with E-state index in [1.165, 1.54) is 0 Å². The number of carbonyl (C=O) groups excluding carboxylic acids is 2. The first kappa shape index (κ1) is 27.5. The number of benzene rings is 4. The summed E-state index contributed by atoms with van der Waals surface area (Å²) in [6.45, 7) is 0. The van der Waals surface area contributed by atoms with Crippen LogP contribution in [0.5, 0.6) is 11.5 Å². The van der Waals surface area contributed by atoms with Crippen molar-refractivity contribution in [1.82, 2.24) is 0 Å². The zero-order valence-electron chi connectivity index (χ0n) is 23.7. The number of esters is 2. The van der Waals surface area contributed by atoms with Crippen molar-refractivity contribution in [1.29, 1.82) is 0 Å². The average molecular weight is 567 g/mol. The molecule has 7 rings (SSSR count). The molecule has 0 heterocycles. The number of carbonyl (C=O) groups is 2. The van der Waals surface area contributed by atoms with E-state index in [1.807, 2.05) is 48.5 Å². The molecule has 0 fully saturated rings. The van der Waals surface area contributed by atoms with Gasteiger partial charge in [0.2, 0.25) is 0 Å². The molecule has 8 nitrogen and oxygen atoms in total. The molecular formula is C34H30O8. The van der Waals surface area contributed by atoms with Gasteiger partial charge in [0.1, 0.15) is 11.5 Å². The zero-order valence-corrected chi connectivity index (χ0v) is 23.7. The number of fused-ring (bicyclic) bond motifs is 1. The minimum atomic E-state index is -1.31. The predicted octanol–water partition coefficient (Wildman–Crippen LogP) is 5.26. The van der Waals surface area contributed by atoms with Gasteiger partial charge >= 0.3 is 11.9 Å². The molecule has 3 aliphatic carbocycles. The highest BCUT2D eigenvalue weighted by Crippen LogP contribution is 2.61. The fraction of sp³-hybridized carbons (Fsp3) is 0.235. The standard InChI is InChI=1S/C34H30O8/c1-37-23-17-13-21(14-18-23)31(35)41-29-30(42-32(36)22-15-19-24(38-2)20-16-22)34(40-4)27-11-7-5-9-25(27)33(29,39-3)26-10-6-8-12-28(26)34/h5-20,29-30H,1-4H3/t29-,30?,33?,34?/m0/s1. The molecule has 2 atom stereocenters. The molecule has 8 heteroatoms. The Morgan fingerprint density at radius 3 is 1.07 bits per heavy atom. The summed E-state index contributed by atoms with van der Waals surface area (Å²) < 4.78 is 35.9. The summed E-state index contributed by atoms with van der Waals surface area (Å²) in [4.78, 5) is 27.4. The summed E-state index contributed by atoms with van der Waals surface area (Å²) in [6, 6.07) is 28.5. The van der Waals surface area contributed by atoms with Gasteiger partial charge in [-0.15, -0.1) is 0 Å². The fourth-order valence-corrected chi connectivity index (χ4v) is 6.37. The Bertz CT molecular complexity index is 1460. The smallest absolute Gasteiger partial charge is 0.338 e. The van der Waals surface area contributed by atoms with Crippen LogP contribution in [-0.4, -0.2) is 52.6 Å². The van der Waals surface area contributed by atoms with Gasteiger partial charge in [0, 0.05) is 14.2 Å². The van der Waals surface area contributed by atoms with E-state index < -0.39 is 35.3 Å². The molecular weight excluding hydrogens is 536 g/mol. The molecule has 0 radical (unpaired) electrons. The molecule has 214 valence electrons. The Balaban J connectivity index is 1.54. The van der Waals surface area contributed by atoms with E-state index in [1.54, 1.807) is 77.0 Å². The van der Waals surface area contributed by atoms with E-state index in [4.69, 9.17) is 28.4 Å². The number of hydrogen-bond acceptors (Lipinski definition) is 8. The van der Waals surface area contributed by atoms with Crippen molar-refractivity contribution >= 4 is 11.9 Å². The van der Waals surface area contributed by atoms with Crippen LogP contribution in [0.2, 0.25) is 0 Å². The van der Waals surface area contributed by atoms with Crippen LogP contribution in [0.15, 0.2) is 97.1 Å². The first-order valence-electron chi connectivity index (χ1n) is 13.4. The molecule has 1 unspecified atom stereocenters. The minimum Gasteiger partial charge on any atom is -0.497 e. The molecule has 0 aliphatic heterocycles. The quantitative estimate of drug-likeness (QED) is 0.267. The lowest BCUT2D eigenvalue weighted by atomic mass is 9.55. The molecule has 2 bridgehead atoms. The van der Waals surface area contributed by atoms with E-state index in [2.05, 4.69) is 0 Å². The summed E-state index contributed by atoms with van der Waals surface area (Å²) in [6.07, 6.45) is -2.24. The van der Waals surface area contributed by atoms with Gasteiger partial charge in [-0.25, -0.2) is 9.59 Å². The van der Waals surface area contributed by atoms with Gasteiger partial charge in [-0.05, 0) is 70.8 Å². The Morgan fingerprint density at radius 2 is 0.810 bits per heavy atom. The Morgan fingerprint density at radius 1 is 0.500 bits per heavy atom. The third-order valence-corrected chi connectivity index (χ3v) is 8.29. The first-order chi connectivity index (χ1) is 20.4. The van der Waals surface area contributed by atoms with Crippen LogP contribution in [0.25, 0.3) is 0 Å². The van der Waals surface area contributed by atoms with Crippen LogP contribution in [0, 0.1) is 0 Å². The van der Waals surface area contributed by atoms with Crippen LogP contribution in [0.4, 0.5) is 0 Å². The van der Waals surface area contributed by atoms with E-state index in [9.17, 15) is 9.59 Å². The van der Waals surface area contributed by atoms with Gasteiger partial charge in [0.25, 0.3) is 0 Å². The highest BCUT2D eigenvalue weighted by atomic mass is 16.6. The maximum Gasteiger partial charge on any atom is 0.338 e. The predicted molar refractivity (Wildman–Crippen MR) is 153 cm³/mol. The molecule has 4 aromatic carbocycles. The van der Waals surface area contributed by atoms with Gasteiger partial charge in [-0.3, -0.25) is 0 Å². The number of ether oxygens (including phenoxy) is 6. The maximum absolute atomic E-state index is 13.7. The Kier molecular flexibility index (Phi) is 6.96. The summed E-state index contributed by atoms with van der Waals surface area (Å²) in [7, 11) is 6.23. The SMILES string of the molecule is COc1ccc(C(=O)OC2[C@H](OC(=O)c3ccc(OC)cc3)C3(OC)c4ccccc4C2(OC)c2ccccc23)cc1. The molecule has 42 heavy (non-hydrogen) atoms. The molecule has 4 aromatic rings. The number of methoxy groups -OCH3 is 4. The van der Waals surface area contributed by atoms with Crippen LogP contribution >= 0.6 is 0 Å². The second-order valence-corrected chi connectivity index (χ2v) is 10.1. The van der Waals surface area contributed by atoms with Gasteiger partial charge in [0.05, 0.1) is 25.3 Å². The lowest BCUT2D eigenvalue weighted by Crippen LogP contribution is -2.69. The Labute approximate surface area is 243 Å². The van der Waals surface area contributed by atoms with E-state index >= 15 is 0 Å². The van der Waals surface area contributed by atoms with Crippen molar-refractivity contribution in [2.24, 2.45) is 0 Å². The normalized spacial score (nSPS) is 23.3. The van der Waals surface area contributed by atoms with Crippen molar-refractivity contribution in [3.8, 4) is 11.5 Å². The topological polar surface area (TPSA) is 89.5 Å². The highest BCUT2D eigenvalue weighted by molar-refractivity contribution is 5.91. The minimum absolute atomic E-state index is 0.303. The molecule has 0 saturated carbocycles. The lowest BCUT2D eigenvalue weighted by molar-refractivity contribution is -0.215. The van der Waals surface area contributed by atoms with Crippen LogP contribution in [0.3, 0.4) is 0 Å². The summed E-state index contributed by atoms with van der Waals surface area (Å²) in [5.41, 5.74) is 1.04. The zero-order chi connectivity index (χ0) is 29.5. The summed E-state index contributed by atoms with van der Waals surface area (Å²) >= 11 is 0. The molecule has 0 amide bonds. The Hall–Kier alpha value is -4.66. The van der Waals surface area contributed by atoms with Crippen molar-refractivity contribution in [2.45, 2.75) is 23.4 Å². The fourth-order valence-electron chi connectivity index (χ4n) is 6.37. The highest BCUT2D eigenvalue weighted by Gasteiger charge is 2.70. The maximum atomic E-state index is 13.7. The van der Waals surface area contributed by atoms with Gasteiger partial charge in [-0.2, -0.15) is 0 Å². The van der Waals surface area contributed by atoms with Crippen molar-refractivity contribution < 1.29 is 38.0 Å². The van der Waals surface area contributed by atoms with Crippen molar-refractivity contribution in [3.63, 3.8) is 0 Å². The monoisotopic (exact) mass is 566 g/mol. The summed E-state index contributed by atoms with van der Waals surface area (Å²) in [5.74, 6) is -0.0232. The third-order valence-electron chi connectivity index (χ3n) is 8.29. The molecule has 0 saturated heterocycles. The average Bonchev–Trinajstić information content (AvgIpc) is 3.05. The van der Waals surface area contributed by atoms with Crippen LogP contribution in [0.1, 0.15) is 43.0 Å². The van der Waals surface area contributed by atoms with Crippen molar-refractivity contribution in [3.05, 3.63) is 130 Å². The number of rotatable bonds is 8. The molecule has 3 aliphatic rings. The number of hydrogen-bond donors (Lipinski definition) is 0. The lowest BCUT2D eigenvalue weighted by Gasteiger charge is -2.59. The largest absolute Gasteiger partial charge is 0.497 e. The van der Waals surface area contributed by atoms with Crippen LogP contribution < -0.4 is 9.47 Å². The van der Waals surface area contributed by atoms with Gasteiger partial charge in [-0.1, -0.05) is 48.5 Å². The second-order valence-electron chi connectivity index (χ2n) is 10.1. The molecule has 0 aromatic heterocycles. The second kappa shape index (κ2) is 10.6. The van der Waals surface area contributed by atoms with Gasteiger partial charge < -0.3 is 28.4 Å². The summed E-state index contributed by atoms with van der Waals surface area (Å²) in [5, 5.41) is 0. The van der Waals surface area contributed by atoms with Crippen LogP contribution in [-0.2, 0) is 30.1 Å². The first-order valence-corrected chi connectivity index (χ1v) is 13.4. The van der Waals surface area contributed by atoms with E-state index in [-0.39, 0.29) is 0 Å². The van der Waals surface area contributed by atoms with E-state index in [0.717, 1.165) is 22.3 Å². The third kappa shape index (κ3) is 3.90. The molecule has 0 spiro atoms. The van der Waals surface area contributed by atoms with E-state index in [0.29, 0.717) is 22.6 Å². The van der Waals surface area contributed by atoms with Gasteiger partial charge in [0.15, 0.2) is 23.4 Å². The molecule has 0 N–H and O–H groups in total. The van der Waals surface area contributed by atoms with Crippen molar-refractivity contribution in [2.75, 3.05) is 28.4 Å².